The maximum absolute atomic E-state index is 13.1. The van der Waals surface area contributed by atoms with E-state index in [0.29, 0.717) is 25.2 Å². The minimum atomic E-state index is -0.660. The number of carbonyl (C=O) groups is 2. The van der Waals surface area contributed by atoms with Crippen LogP contribution in [-0.2, 0) is 4.79 Å². The first-order valence-corrected chi connectivity index (χ1v) is 9.40. The molecule has 7 heteroatoms. The Morgan fingerprint density at radius 2 is 1.92 bits per heavy atom. The Morgan fingerprint density at radius 3 is 2.46 bits per heavy atom. The van der Waals surface area contributed by atoms with E-state index < -0.39 is 11.3 Å². The number of benzene rings is 1. The average Bonchev–Trinajstić information content (AvgIpc) is 2.63. The fourth-order valence-electron chi connectivity index (χ4n) is 3.06. The van der Waals surface area contributed by atoms with E-state index in [1.165, 1.54) is 0 Å². The Labute approximate surface area is 160 Å². The maximum Gasteiger partial charge on any atom is 0.339 e. The summed E-state index contributed by atoms with van der Waals surface area (Å²) in [7, 11) is 0. The number of primary amides is 1. The minimum absolute atomic E-state index is 0.108. The molecule has 0 bridgehead atoms. The largest absolute Gasteiger partial charge is 0.366 e. The highest BCUT2D eigenvalue weighted by molar-refractivity contribution is 6.26. The van der Waals surface area contributed by atoms with Gasteiger partial charge in [-0.15, -0.1) is 11.6 Å². The fraction of sp³-hybridized carbons (Fsp3) is 0.474. The Bertz CT molecular complexity index is 686. The van der Waals surface area contributed by atoms with Crippen LogP contribution in [0.4, 0.5) is 10.5 Å². The summed E-state index contributed by atoms with van der Waals surface area (Å²) in [6.07, 6.45) is 3.32. The van der Waals surface area contributed by atoms with Crippen LogP contribution in [-0.4, -0.2) is 41.5 Å². The van der Waals surface area contributed by atoms with Gasteiger partial charge in [-0.3, -0.25) is 9.80 Å². The SMILES string of the molecule is CCCN(CCC)C(=O)N(CC)N1C=C(C(N)=O)C(Cl)c2c[c]ccc21. The maximum atomic E-state index is 13.1. The van der Waals surface area contributed by atoms with Crippen molar-refractivity contribution in [1.82, 2.24) is 9.91 Å². The summed E-state index contributed by atoms with van der Waals surface area (Å²) in [6, 6.07) is 8.18. The summed E-state index contributed by atoms with van der Waals surface area (Å²) < 4.78 is 0. The lowest BCUT2D eigenvalue weighted by molar-refractivity contribution is -0.114. The van der Waals surface area contributed by atoms with Crippen LogP contribution in [0.2, 0.25) is 0 Å². The molecule has 2 N–H and O–H groups in total. The number of rotatable bonds is 7. The van der Waals surface area contributed by atoms with Crippen molar-refractivity contribution in [2.24, 2.45) is 5.73 Å². The molecule has 1 aromatic carbocycles. The molecule has 0 spiro atoms. The zero-order valence-corrected chi connectivity index (χ0v) is 16.3. The van der Waals surface area contributed by atoms with Gasteiger partial charge in [0.1, 0.15) is 0 Å². The summed E-state index contributed by atoms with van der Waals surface area (Å²) in [5.41, 5.74) is 7.21. The molecule has 0 aliphatic carbocycles. The molecule has 141 valence electrons. The number of hydrogen-bond donors (Lipinski definition) is 1. The van der Waals surface area contributed by atoms with Gasteiger partial charge in [-0.25, -0.2) is 9.80 Å². The van der Waals surface area contributed by atoms with Gasteiger partial charge in [0.15, 0.2) is 0 Å². The lowest BCUT2D eigenvalue weighted by Gasteiger charge is -2.40. The van der Waals surface area contributed by atoms with Crippen LogP contribution in [0, 0.1) is 6.07 Å². The van der Waals surface area contributed by atoms with Gasteiger partial charge < -0.3 is 10.6 Å². The third-order valence-corrected chi connectivity index (χ3v) is 4.72. The van der Waals surface area contributed by atoms with Gasteiger partial charge >= 0.3 is 6.03 Å². The predicted octanol–water partition coefficient (Wildman–Crippen LogP) is 3.43. The predicted molar refractivity (Wildman–Crippen MR) is 104 cm³/mol. The smallest absolute Gasteiger partial charge is 0.339 e. The Morgan fingerprint density at radius 1 is 1.27 bits per heavy atom. The van der Waals surface area contributed by atoms with E-state index in [2.05, 4.69) is 6.07 Å². The number of carbonyl (C=O) groups excluding carboxylic acids is 2. The van der Waals surface area contributed by atoms with Crippen molar-refractivity contribution in [1.29, 1.82) is 0 Å². The molecule has 1 atom stereocenters. The molecular formula is C19H26ClN4O2. The van der Waals surface area contributed by atoms with E-state index in [-0.39, 0.29) is 11.6 Å². The normalized spacial score (nSPS) is 15.9. The van der Waals surface area contributed by atoms with Crippen LogP contribution in [0.15, 0.2) is 30.0 Å². The van der Waals surface area contributed by atoms with Gasteiger partial charge in [-0.2, -0.15) is 0 Å². The van der Waals surface area contributed by atoms with E-state index in [0.717, 1.165) is 18.5 Å². The number of hydrazine groups is 1. The highest BCUT2D eigenvalue weighted by atomic mass is 35.5. The van der Waals surface area contributed by atoms with Crippen molar-refractivity contribution in [2.75, 3.05) is 24.6 Å². The van der Waals surface area contributed by atoms with Gasteiger partial charge in [-0.05, 0) is 38.0 Å². The van der Waals surface area contributed by atoms with E-state index in [1.807, 2.05) is 31.7 Å². The first-order valence-electron chi connectivity index (χ1n) is 8.97. The molecular weight excluding hydrogens is 352 g/mol. The number of anilines is 1. The molecule has 1 radical (unpaired) electrons. The molecule has 1 aliphatic heterocycles. The molecule has 0 saturated carbocycles. The molecule has 0 saturated heterocycles. The van der Waals surface area contributed by atoms with Crippen LogP contribution in [0.25, 0.3) is 0 Å². The summed E-state index contributed by atoms with van der Waals surface area (Å²) in [5, 5.41) is 2.63. The number of urea groups is 1. The molecule has 0 aromatic heterocycles. The van der Waals surface area contributed by atoms with Gasteiger partial charge in [0.2, 0.25) is 5.91 Å². The Kier molecular flexibility index (Phi) is 6.91. The molecule has 1 unspecified atom stereocenters. The number of hydrogen-bond acceptors (Lipinski definition) is 3. The zero-order valence-electron chi connectivity index (χ0n) is 15.5. The standard InChI is InChI=1S/C19H26ClN4O2/c1-4-11-22(12-5-2)19(26)23(6-3)24-13-15(18(21)25)17(20)14-9-7-8-10-16(14)24/h8-10,13,17H,4-6,11-12H2,1-3H3,(H2,21,25). The van der Waals surface area contributed by atoms with Crippen LogP contribution in [0.5, 0.6) is 0 Å². The van der Waals surface area contributed by atoms with Gasteiger partial charge in [0.25, 0.3) is 0 Å². The Balaban J connectivity index is 2.47. The zero-order chi connectivity index (χ0) is 19.3. The number of fused-ring (bicyclic) bond motifs is 1. The Hall–Kier alpha value is -2.21. The molecule has 0 fully saturated rings. The quantitative estimate of drug-likeness (QED) is 0.740. The third-order valence-electron chi connectivity index (χ3n) is 4.25. The van der Waals surface area contributed by atoms with Gasteiger partial charge in [-0.1, -0.05) is 19.9 Å². The molecule has 1 aromatic rings. The number of nitrogens with zero attached hydrogens (tertiary/aromatic N) is 3. The van der Waals surface area contributed by atoms with E-state index >= 15 is 0 Å². The van der Waals surface area contributed by atoms with Crippen LogP contribution < -0.4 is 10.7 Å². The van der Waals surface area contributed by atoms with Crippen molar-refractivity contribution in [3.8, 4) is 0 Å². The van der Waals surface area contributed by atoms with Crippen LogP contribution in [0.3, 0.4) is 0 Å². The second-order valence-corrected chi connectivity index (χ2v) is 6.56. The number of alkyl halides is 1. The number of nitrogens with two attached hydrogens (primary N) is 1. The number of amides is 3. The van der Waals surface area contributed by atoms with Crippen molar-refractivity contribution in [3.63, 3.8) is 0 Å². The summed E-state index contributed by atoms with van der Waals surface area (Å²) >= 11 is 6.43. The molecule has 26 heavy (non-hydrogen) atoms. The lowest BCUT2D eigenvalue weighted by atomic mass is 9.99. The van der Waals surface area contributed by atoms with Crippen molar-refractivity contribution >= 4 is 29.2 Å². The molecule has 1 aliphatic rings. The molecule has 1 heterocycles. The minimum Gasteiger partial charge on any atom is -0.366 e. The van der Waals surface area contributed by atoms with Crippen LogP contribution >= 0.6 is 11.6 Å². The fourth-order valence-corrected chi connectivity index (χ4v) is 3.39. The van der Waals surface area contributed by atoms with Crippen LogP contribution in [0.1, 0.15) is 44.6 Å². The monoisotopic (exact) mass is 377 g/mol. The van der Waals surface area contributed by atoms with Crippen molar-refractivity contribution in [3.05, 3.63) is 41.6 Å². The first kappa shape index (κ1) is 20.1. The van der Waals surface area contributed by atoms with Gasteiger partial charge in [0.05, 0.1) is 16.6 Å². The highest BCUT2D eigenvalue weighted by Gasteiger charge is 2.33. The lowest BCUT2D eigenvalue weighted by Crippen LogP contribution is -2.52. The molecule has 6 nitrogen and oxygen atoms in total. The third kappa shape index (κ3) is 3.96. The topological polar surface area (TPSA) is 69.9 Å². The van der Waals surface area contributed by atoms with E-state index in [4.69, 9.17) is 17.3 Å². The first-order chi connectivity index (χ1) is 12.5. The number of halogens is 1. The second-order valence-electron chi connectivity index (χ2n) is 6.13. The average molecular weight is 378 g/mol. The van der Waals surface area contributed by atoms with E-state index in [1.54, 1.807) is 28.4 Å². The second kappa shape index (κ2) is 8.94. The summed E-state index contributed by atoms with van der Waals surface area (Å²) in [5.74, 6) is -0.605. The van der Waals surface area contributed by atoms with Crippen molar-refractivity contribution in [2.45, 2.75) is 39.0 Å². The molecule has 3 amide bonds. The molecule has 2 rings (SSSR count). The summed E-state index contributed by atoms with van der Waals surface area (Å²) in [6.45, 7) is 7.78. The van der Waals surface area contributed by atoms with E-state index in [9.17, 15) is 9.59 Å². The summed E-state index contributed by atoms with van der Waals surface area (Å²) in [4.78, 5) is 26.8. The van der Waals surface area contributed by atoms with Crippen molar-refractivity contribution < 1.29 is 9.59 Å². The highest BCUT2D eigenvalue weighted by Crippen LogP contribution is 2.40. The van der Waals surface area contributed by atoms with Gasteiger partial charge in [0, 0.05) is 31.4 Å².